The Morgan fingerprint density at radius 2 is 2.10 bits per heavy atom. The van der Waals surface area contributed by atoms with Gasteiger partial charge in [-0.25, -0.2) is 22.3 Å². The summed E-state index contributed by atoms with van der Waals surface area (Å²) >= 11 is 0. The van der Waals surface area contributed by atoms with Crippen molar-refractivity contribution in [3.63, 3.8) is 0 Å². The highest BCUT2D eigenvalue weighted by atomic mass is 32.2. The first-order chi connectivity index (χ1) is 9.29. The molecule has 0 spiro atoms. The van der Waals surface area contributed by atoms with E-state index >= 15 is 0 Å². The number of aryl methyl sites for hydroxylation is 1. The Hall–Kier alpha value is -2.07. The molecule has 0 saturated heterocycles. The molecule has 0 fully saturated rings. The van der Waals surface area contributed by atoms with Crippen molar-refractivity contribution in [3.8, 4) is 5.75 Å². The molecule has 0 unspecified atom stereocenters. The Kier molecular flexibility index (Phi) is 3.68. The lowest BCUT2D eigenvalue weighted by Gasteiger charge is -2.11. The van der Waals surface area contributed by atoms with Gasteiger partial charge in [0.1, 0.15) is 23.6 Å². The number of hydrogen-bond acceptors (Lipinski definition) is 5. The quantitative estimate of drug-likeness (QED) is 0.876. The number of rotatable bonds is 4. The van der Waals surface area contributed by atoms with Crippen LogP contribution in [0.2, 0.25) is 0 Å². The van der Waals surface area contributed by atoms with Crippen LogP contribution in [0, 0.1) is 11.6 Å². The predicted molar refractivity (Wildman–Crippen MR) is 63.1 cm³/mol. The summed E-state index contributed by atoms with van der Waals surface area (Å²) in [5, 5.41) is 12.2. The molecule has 7 nitrogen and oxygen atoms in total. The molecule has 0 radical (unpaired) electrons. The molecule has 0 saturated carbocycles. The van der Waals surface area contributed by atoms with Gasteiger partial charge in [0.05, 0.1) is 0 Å². The zero-order valence-electron chi connectivity index (χ0n) is 10.2. The minimum absolute atomic E-state index is 0.248. The van der Waals surface area contributed by atoms with E-state index in [9.17, 15) is 17.2 Å². The summed E-state index contributed by atoms with van der Waals surface area (Å²) in [6.07, 6.45) is 1.39. The van der Waals surface area contributed by atoms with E-state index in [4.69, 9.17) is 9.88 Å². The number of ether oxygens (including phenoxy) is 1. The Morgan fingerprint density at radius 3 is 2.65 bits per heavy atom. The number of benzene rings is 1. The molecule has 108 valence electrons. The van der Waals surface area contributed by atoms with Crippen LogP contribution in [0.1, 0.15) is 5.82 Å². The van der Waals surface area contributed by atoms with Crippen LogP contribution in [-0.2, 0) is 23.7 Å². The van der Waals surface area contributed by atoms with E-state index < -0.39 is 32.3 Å². The summed E-state index contributed by atoms with van der Waals surface area (Å²) in [5.74, 6) is -2.57. The number of nitrogens with two attached hydrogens (primary N) is 1. The summed E-state index contributed by atoms with van der Waals surface area (Å²) in [6.45, 7) is -0.248. The average Bonchev–Trinajstić information content (AvgIpc) is 2.72. The van der Waals surface area contributed by atoms with Gasteiger partial charge >= 0.3 is 0 Å². The minimum Gasteiger partial charge on any atom is -0.481 e. The van der Waals surface area contributed by atoms with Gasteiger partial charge in [-0.2, -0.15) is 0 Å². The van der Waals surface area contributed by atoms with Gasteiger partial charge in [-0.3, -0.25) is 0 Å². The van der Waals surface area contributed by atoms with Crippen LogP contribution in [0.15, 0.2) is 23.4 Å². The smallest absolute Gasteiger partial charge is 0.241 e. The molecule has 2 rings (SSSR count). The van der Waals surface area contributed by atoms with Crippen molar-refractivity contribution in [3.05, 3.63) is 35.9 Å². The van der Waals surface area contributed by atoms with Gasteiger partial charge in [0.25, 0.3) is 0 Å². The lowest BCUT2D eigenvalue weighted by molar-refractivity contribution is 0.267. The molecule has 0 aliphatic heterocycles. The molecule has 1 aromatic carbocycles. The highest BCUT2D eigenvalue weighted by molar-refractivity contribution is 7.89. The fourth-order valence-electron chi connectivity index (χ4n) is 1.46. The van der Waals surface area contributed by atoms with Crippen LogP contribution in [-0.4, -0.2) is 23.2 Å². The van der Waals surface area contributed by atoms with E-state index in [-0.39, 0.29) is 6.61 Å². The first-order valence-electron chi connectivity index (χ1n) is 5.26. The molecule has 20 heavy (non-hydrogen) atoms. The maximum absolute atomic E-state index is 13.6. The van der Waals surface area contributed by atoms with Gasteiger partial charge in [-0.05, 0) is 6.07 Å². The van der Waals surface area contributed by atoms with Gasteiger partial charge in [0.2, 0.25) is 10.0 Å². The zero-order chi connectivity index (χ0) is 14.9. The second-order valence-electron chi connectivity index (χ2n) is 3.91. The third kappa shape index (κ3) is 2.91. The standard InChI is InChI=1S/C10H10F2N4O3S/c1-16-5-14-15-9(16)4-19-10-7(12)2-6(11)3-8(10)20(13,17)18/h2-3,5H,4H2,1H3,(H2,13,17,18). The van der Waals surface area contributed by atoms with E-state index in [1.54, 1.807) is 7.05 Å². The van der Waals surface area contributed by atoms with Gasteiger partial charge in [0, 0.05) is 13.1 Å². The normalized spacial score (nSPS) is 11.6. The number of nitrogens with zero attached hydrogens (tertiary/aromatic N) is 3. The maximum Gasteiger partial charge on any atom is 0.241 e. The SMILES string of the molecule is Cn1cnnc1COc1c(F)cc(F)cc1S(N)(=O)=O. The van der Waals surface area contributed by atoms with E-state index in [0.29, 0.717) is 18.0 Å². The molecule has 2 aromatic rings. The van der Waals surface area contributed by atoms with Crippen molar-refractivity contribution in [2.75, 3.05) is 0 Å². The Labute approximate surface area is 113 Å². The second kappa shape index (κ2) is 5.13. The van der Waals surface area contributed by atoms with E-state index in [2.05, 4.69) is 10.2 Å². The van der Waals surface area contributed by atoms with Crippen molar-refractivity contribution in [2.24, 2.45) is 12.2 Å². The lowest BCUT2D eigenvalue weighted by atomic mass is 10.3. The summed E-state index contributed by atoms with van der Waals surface area (Å²) in [4.78, 5) is -0.767. The summed E-state index contributed by atoms with van der Waals surface area (Å²) in [7, 11) is -2.70. The fraction of sp³-hybridized carbons (Fsp3) is 0.200. The monoisotopic (exact) mass is 304 g/mol. The summed E-state index contributed by atoms with van der Waals surface area (Å²) in [5.41, 5.74) is 0. The van der Waals surface area contributed by atoms with Gasteiger partial charge in [-0.15, -0.1) is 10.2 Å². The number of sulfonamides is 1. The van der Waals surface area contributed by atoms with Crippen molar-refractivity contribution in [1.82, 2.24) is 14.8 Å². The van der Waals surface area contributed by atoms with Crippen molar-refractivity contribution in [1.29, 1.82) is 0 Å². The maximum atomic E-state index is 13.6. The average molecular weight is 304 g/mol. The highest BCUT2D eigenvalue weighted by Gasteiger charge is 2.21. The molecule has 0 aliphatic carbocycles. The Bertz CT molecular complexity index is 745. The van der Waals surface area contributed by atoms with Crippen LogP contribution in [0.25, 0.3) is 0 Å². The lowest BCUT2D eigenvalue weighted by Crippen LogP contribution is -2.16. The molecule has 0 bridgehead atoms. The molecule has 2 N–H and O–H groups in total. The number of halogens is 2. The van der Waals surface area contributed by atoms with E-state index in [1.807, 2.05) is 0 Å². The molecule has 0 amide bonds. The molecule has 0 atom stereocenters. The number of aromatic nitrogens is 3. The summed E-state index contributed by atoms with van der Waals surface area (Å²) in [6, 6.07) is 1.09. The molecular formula is C10H10F2N4O3S. The summed E-state index contributed by atoms with van der Waals surface area (Å²) < 4.78 is 55.9. The minimum atomic E-state index is -4.33. The topological polar surface area (TPSA) is 100 Å². The van der Waals surface area contributed by atoms with Crippen LogP contribution in [0.5, 0.6) is 5.75 Å². The second-order valence-corrected chi connectivity index (χ2v) is 5.44. The molecule has 10 heteroatoms. The van der Waals surface area contributed by atoms with Gasteiger partial charge in [0.15, 0.2) is 17.4 Å². The largest absolute Gasteiger partial charge is 0.481 e. The third-order valence-electron chi connectivity index (χ3n) is 2.43. The van der Waals surface area contributed by atoms with Gasteiger partial charge in [-0.1, -0.05) is 0 Å². The molecular weight excluding hydrogens is 294 g/mol. The van der Waals surface area contributed by atoms with E-state index in [1.165, 1.54) is 10.9 Å². The predicted octanol–water partition coefficient (Wildman–Crippen LogP) is 0.320. The van der Waals surface area contributed by atoms with Crippen LogP contribution in [0.3, 0.4) is 0 Å². The zero-order valence-corrected chi connectivity index (χ0v) is 11.1. The highest BCUT2D eigenvalue weighted by Crippen LogP contribution is 2.28. The number of hydrogen-bond donors (Lipinski definition) is 1. The van der Waals surface area contributed by atoms with Crippen LogP contribution < -0.4 is 9.88 Å². The van der Waals surface area contributed by atoms with Crippen molar-refractivity contribution < 1.29 is 21.9 Å². The first-order valence-corrected chi connectivity index (χ1v) is 6.81. The van der Waals surface area contributed by atoms with Crippen LogP contribution >= 0.6 is 0 Å². The first kappa shape index (κ1) is 14.3. The van der Waals surface area contributed by atoms with Gasteiger partial charge < -0.3 is 9.30 Å². The Morgan fingerprint density at radius 1 is 1.40 bits per heavy atom. The molecule has 0 aliphatic rings. The Balaban J connectivity index is 2.38. The molecule has 1 aromatic heterocycles. The molecule has 1 heterocycles. The van der Waals surface area contributed by atoms with Crippen molar-refractivity contribution in [2.45, 2.75) is 11.5 Å². The fourth-order valence-corrected chi connectivity index (χ4v) is 2.15. The number of primary sulfonamides is 1. The van der Waals surface area contributed by atoms with E-state index in [0.717, 1.165) is 0 Å². The third-order valence-corrected chi connectivity index (χ3v) is 3.35. The van der Waals surface area contributed by atoms with Crippen LogP contribution in [0.4, 0.5) is 8.78 Å². The van der Waals surface area contributed by atoms with Crippen molar-refractivity contribution >= 4 is 10.0 Å².